The first-order chi connectivity index (χ1) is 6.06. The minimum absolute atomic E-state index is 0.0552. The Balaban J connectivity index is 3.30. The van der Waals surface area contributed by atoms with Gasteiger partial charge in [0.15, 0.2) is 0 Å². The van der Waals surface area contributed by atoms with Crippen LogP contribution in [-0.2, 0) is 6.54 Å². The van der Waals surface area contributed by atoms with Crippen molar-refractivity contribution in [2.75, 3.05) is 0 Å². The van der Waals surface area contributed by atoms with Crippen LogP contribution in [0.1, 0.15) is 16.2 Å². The first-order valence-corrected chi connectivity index (χ1v) is 4.10. The van der Waals surface area contributed by atoms with Crippen LogP contribution in [0.3, 0.4) is 0 Å². The molecule has 0 amide bonds. The normalized spacial score (nSPS) is 10.1. The van der Waals surface area contributed by atoms with Crippen molar-refractivity contribution in [3.05, 3.63) is 27.5 Å². The molecule has 0 saturated heterocycles. The van der Waals surface area contributed by atoms with Gasteiger partial charge in [0.1, 0.15) is 5.69 Å². The SMILES string of the molecule is NCc1nc(C(=O)O)cc(Cl)c1Cl. The van der Waals surface area contributed by atoms with Gasteiger partial charge < -0.3 is 10.8 Å². The Morgan fingerprint density at radius 2 is 2.23 bits per heavy atom. The van der Waals surface area contributed by atoms with Gasteiger partial charge in [-0.05, 0) is 6.07 Å². The minimum Gasteiger partial charge on any atom is -0.477 e. The Bertz CT molecular complexity index is 355. The molecular weight excluding hydrogens is 215 g/mol. The Kier molecular flexibility index (Phi) is 3.08. The Morgan fingerprint density at radius 3 is 2.69 bits per heavy atom. The molecule has 6 heteroatoms. The van der Waals surface area contributed by atoms with E-state index in [4.69, 9.17) is 34.0 Å². The molecule has 0 bridgehead atoms. The number of aromatic carboxylic acids is 1. The summed E-state index contributed by atoms with van der Waals surface area (Å²) in [6.07, 6.45) is 0. The largest absolute Gasteiger partial charge is 0.477 e. The van der Waals surface area contributed by atoms with Gasteiger partial charge in [-0.1, -0.05) is 23.2 Å². The maximum absolute atomic E-state index is 10.5. The van der Waals surface area contributed by atoms with Gasteiger partial charge in [0, 0.05) is 6.54 Å². The van der Waals surface area contributed by atoms with Crippen molar-refractivity contribution in [2.45, 2.75) is 6.54 Å². The lowest BCUT2D eigenvalue weighted by Gasteiger charge is -2.03. The summed E-state index contributed by atoms with van der Waals surface area (Å²) in [4.78, 5) is 14.2. The van der Waals surface area contributed by atoms with E-state index in [9.17, 15) is 4.79 Å². The molecule has 0 aliphatic carbocycles. The van der Waals surface area contributed by atoms with E-state index < -0.39 is 5.97 Å². The molecule has 0 fully saturated rings. The molecule has 0 aliphatic heterocycles. The number of carboxylic acid groups (broad SMARTS) is 1. The number of rotatable bonds is 2. The summed E-state index contributed by atoms with van der Waals surface area (Å²) in [6.45, 7) is 0.0552. The van der Waals surface area contributed by atoms with E-state index >= 15 is 0 Å². The van der Waals surface area contributed by atoms with Crippen LogP contribution in [0, 0.1) is 0 Å². The first kappa shape index (κ1) is 10.2. The fraction of sp³-hybridized carbons (Fsp3) is 0.143. The number of carboxylic acids is 1. The number of nitrogens with zero attached hydrogens (tertiary/aromatic N) is 1. The number of hydrogen-bond acceptors (Lipinski definition) is 3. The van der Waals surface area contributed by atoms with Crippen molar-refractivity contribution >= 4 is 29.2 Å². The highest BCUT2D eigenvalue weighted by Crippen LogP contribution is 2.25. The van der Waals surface area contributed by atoms with Crippen molar-refractivity contribution in [1.29, 1.82) is 0 Å². The zero-order chi connectivity index (χ0) is 10.0. The summed E-state index contributed by atoms with van der Waals surface area (Å²) in [6, 6.07) is 1.19. The van der Waals surface area contributed by atoms with E-state index in [0.717, 1.165) is 0 Å². The lowest BCUT2D eigenvalue weighted by atomic mass is 10.3. The third kappa shape index (κ3) is 2.09. The van der Waals surface area contributed by atoms with E-state index in [-0.39, 0.29) is 28.0 Å². The van der Waals surface area contributed by atoms with Crippen molar-refractivity contribution in [3.8, 4) is 0 Å². The zero-order valence-electron chi connectivity index (χ0n) is 6.42. The quantitative estimate of drug-likeness (QED) is 0.794. The number of pyridine rings is 1. The van der Waals surface area contributed by atoms with E-state index in [1.54, 1.807) is 0 Å². The predicted molar refractivity (Wildman–Crippen MR) is 49.1 cm³/mol. The second kappa shape index (κ2) is 3.91. The van der Waals surface area contributed by atoms with Crippen LogP contribution in [0.2, 0.25) is 10.0 Å². The molecule has 0 saturated carbocycles. The molecule has 1 heterocycles. The number of nitrogens with two attached hydrogens (primary N) is 1. The third-order valence-corrected chi connectivity index (χ3v) is 2.21. The number of hydrogen-bond donors (Lipinski definition) is 2. The molecule has 0 aliphatic rings. The van der Waals surface area contributed by atoms with Crippen LogP contribution in [0.4, 0.5) is 0 Å². The first-order valence-electron chi connectivity index (χ1n) is 3.34. The second-order valence-corrected chi connectivity index (χ2v) is 3.04. The summed E-state index contributed by atoms with van der Waals surface area (Å²) in [7, 11) is 0. The zero-order valence-corrected chi connectivity index (χ0v) is 7.93. The summed E-state index contributed by atoms with van der Waals surface area (Å²) < 4.78 is 0. The summed E-state index contributed by atoms with van der Waals surface area (Å²) in [5, 5.41) is 8.97. The third-order valence-electron chi connectivity index (χ3n) is 1.39. The van der Waals surface area contributed by atoms with Crippen LogP contribution >= 0.6 is 23.2 Å². The number of aromatic nitrogens is 1. The fourth-order valence-corrected chi connectivity index (χ4v) is 1.18. The monoisotopic (exact) mass is 220 g/mol. The molecule has 1 rings (SSSR count). The highest BCUT2D eigenvalue weighted by Gasteiger charge is 2.12. The fourth-order valence-electron chi connectivity index (χ4n) is 0.793. The second-order valence-electron chi connectivity index (χ2n) is 2.26. The molecule has 1 aromatic rings. The van der Waals surface area contributed by atoms with Crippen molar-refractivity contribution in [2.24, 2.45) is 5.73 Å². The Labute approximate surface area is 84.3 Å². The van der Waals surface area contributed by atoms with Gasteiger partial charge in [-0.25, -0.2) is 9.78 Å². The van der Waals surface area contributed by atoms with Crippen LogP contribution in [0.5, 0.6) is 0 Å². The van der Waals surface area contributed by atoms with Crippen molar-refractivity contribution in [1.82, 2.24) is 4.98 Å². The van der Waals surface area contributed by atoms with E-state index in [1.165, 1.54) is 6.07 Å². The number of halogens is 2. The molecule has 13 heavy (non-hydrogen) atoms. The van der Waals surface area contributed by atoms with Crippen LogP contribution in [0.15, 0.2) is 6.07 Å². The smallest absolute Gasteiger partial charge is 0.354 e. The van der Waals surface area contributed by atoms with Crippen molar-refractivity contribution < 1.29 is 9.90 Å². The lowest BCUT2D eigenvalue weighted by molar-refractivity contribution is 0.0690. The molecular formula is C7H6Cl2N2O2. The Hall–Kier alpha value is -0.840. The molecule has 3 N–H and O–H groups in total. The standard InChI is InChI=1S/C7H6Cl2N2O2/c8-3-1-4(7(12)13)11-5(2-10)6(3)9/h1H,2,10H2,(H,12,13). The molecule has 0 unspecified atom stereocenters. The molecule has 1 aromatic heterocycles. The topological polar surface area (TPSA) is 76.2 Å². The van der Waals surface area contributed by atoms with E-state index in [2.05, 4.69) is 4.98 Å². The molecule has 0 spiro atoms. The summed E-state index contributed by atoms with van der Waals surface area (Å²) >= 11 is 11.4. The average molecular weight is 221 g/mol. The summed E-state index contributed by atoms with van der Waals surface area (Å²) in [5.41, 5.74) is 5.42. The maximum atomic E-state index is 10.5. The molecule has 0 aromatic carbocycles. The molecule has 4 nitrogen and oxygen atoms in total. The van der Waals surface area contributed by atoms with Gasteiger partial charge in [0.2, 0.25) is 0 Å². The van der Waals surface area contributed by atoms with Gasteiger partial charge in [-0.2, -0.15) is 0 Å². The number of carbonyl (C=O) groups is 1. The molecule has 70 valence electrons. The highest BCUT2D eigenvalue weighted by molar-refractivity contribution is 6.42. The van der Waals surface area contributed by atoms with Gasteiger partial charge in [-0.3, -0.25) is 0 Å². The van der Waals surface area contributed by atoms with Crippen LogP contribution < -0.4 is 5.73 Å². The maximum Gasteiger partial charge on any atom is 0.354 e. The van der Waals surface area contributed by atoms with Gasteiger partial charge in [0.05, 0.1) is 15.7 Å². The highest BCUT2D eigenvalue weighted by atomic mass is 35.5. The van der Waals surface area contributed by atoms with Crippen molar-refractivity contribution in [3.63, 3.8) is 0 Å². The molecule has 0 atom stereocenters. The van der Waals surface area contributed by atoms with Gasteiger partial charge in [0.25, 0.3) is 0 Å². The van der Waals surface area contributed by atoms with Gasteiger partial charge in [-0.15, -0.1) is 0 Å². The van der Waals surface area contributed by atoms with Crippen LogP contribution in [0.25, 0.3) is 0 Å². The van der Waals surface area contributed by atoms with E-state index in [1.807, 2.05) is 0 Å². The average Bonchev–Trinajstić information content (AvgIpc) is 2.09. The van der Waals surface area contributed by atoms with Gasteiger partial charge >= 0.3 is 5.97 Å². The molecule has 0 radical (unpaired) electrons. The predicted octanol–water partition coefficient (Wildman–Crippen LogP) is 1.55. The lowest BCUT2D eigenvalue weighted by Crippen LogP contribution is -2.07. The minimum atomic E-state index is -1.16. The summed E-state index contributed by atoms with van der Waals surface area (Å²) in [5.74, 6) is -1.16. The van der Waals surface area contributed by atoms with E-state index in [0.29, 0.717) is 0 Å². The Morgan fingerprint density at radius 1 is 1.62 bits per heavy atom. The van der Waals surface area contributed by atoms with Crippen LogP contribution in [-0.4, -0.2) is 16.1 Å².